The van der Waals surface area contributed by atoms with Crippen LogP contribution in [0.5, 0.6) is 0 Å². The van der Waals surface area contributed by atoms with Crippen molar-refractivity contribution in [2.24, 2.45) is 0 Å². The van der Waals surface area contributed by atoms with Gasteiger partial charge in [-0.15, -0.1) is 0 Å². The summed E-state index contributed by atoms with van der Waals surface area (Å²) in [6, 6.07) is 0. The largest absolute Gasteiger partial charge is 0.462 e. The summed E-state index contributed by atoms with van der Waals surface area (Å²) in [6.45, 7) is 6.41. The zero-order valence-electron chi connectivity index (χ0n) is 53.7. The van der Waals surface area contributed by atoms with Gasteiger partial charge in [0.25, 0.3) is 0 Å². The Kier molecular flexibility index (Phi) is 65.8. The van der Waals surface area contributed by atoms with Crippen LogP contribution in [0.25, 0.3) is 0 Å². The van der Waals surface area contributed by atoms with Crippen molar-refractivity contribution in [2.45, 2.75) is 329 Å². The first-order chi connectivity index (χ1) is 40.5. The Morgan fingerprint density at radius 2 is 0.476 bits per heavy atom. The van der Waals surface area contributed by atoms with Crippen LogP contribution in [0.4, 0.5) is 0 Å². The van der Waals surface area contributed by atoms with Gasteiger partial charge in [-0.2, -0.15) is 0 Å². The average molecular weight is 1140 g/mol. The van der Waals surface area contributed by atoms with E-state index in [1.165, 1.54) is 148 Å². The molecule has 0 spiro atoms. The second-order valence-electron chi connectivity index (χ2n) is 22.7. The first kappa shape index (κ1) is 77.8. The Labute approximate surface area is 507 Å². The third kappa shape index (κ3) is 66.6. The molecule has 0 saturated heterocycles. The molecule has 0 fully saturated rings. The predicted octanol–water partition coefficient (Wildman–Crippen LogP) is 23.9. The lowest BCUT2D eigenvalue weighted by molar-refractivity contribution is -0.167. The normalized spacial score (nSPS) is 12.9. The van der Waals surface area contributed by atoms with Gasteiger partial charge in [0, 0.05) is 19.3 Å². The quantitative estimate of drug-likeness (QED) is 0.0261. The summed E-state index contributed by atoms with van der Waals surface area (Å²) >= 11 is 0. The molecule has 0 aromatic heterocycles. The topological polar surface area (TPSA) is 78.9 Å². The lowest BCUT2D eigenvalue weighted by atomic mass is 10.0. The highest BCUT2D eigenvalue weighted by Gasteiger charge is 2.19. The second-order valence-corrected chi connectivity index (χ2v) is 22.7. The van der Waals surface area contributed by atoms with E-state index < -0.39 is 6.10 Å². The van der Waals surface area contributed by atoms with Gasteiger partial charge in [0.05, 0.1) is 0 Å². The summed E-state index contributed by atoms with van der Waals surface area (Å²) in [5, 5.41) is 0. The van der Waals surface area contributed by atoms with E-state index in [0.29, 0.717) is 19.3 Å². The number of hydrogen-bond donors (Lipinski definition) is 0. The van der Waals surface area contributed by atoms with E-state index in [0.717, 1.165) is 135 Å². The molecule has 0 N–H and O–H groups in total. The number of rotatable bonds is 62. The van der Waals surface area contributed by atoms with Gasteiger partial charge in [-0.3, -0.25) is 14.4 Å². The Morgan fingerprint density at radius 3 is 0.744 bits per heavy atom. The van der Waals surface area contributed by atoms with Gasteiger partial charge >= 0.3 is 17.9 Å². The molecule has 6 heteroatoms. The average Bonchev–Trinajstić information content (AvgIpc) is 3.47. The highest BCUT2D eigenvalue weighted by Crippen LogP contribution is 2.16. The van der Waals surface area contributed by atoms with Crippen molar-refractivity contribution in [2.75, 3.05) is 13.2 Å². The van der Waals surface area contributed by atoms with Crippen LogP contribution >= 0.6 is 0 Å². The van der Waals surface area contributed by atoms with E-state index in [1.807, 2.05) is 0 Å². The molecule has 468 valence electrons. The zero-order valence-corrected chi connectivity index (χ0v) is 53.7. The fourth-order valence-electron chi connectivity index (χ4n) is 9.57. The minimum Gasteiger partial charge on any atom is -0.462 e. The highest BCUT2D eigenvalue weighted by molar-refractivity contribution is 5.71. The van der Waals surface area contributed by atoms with Gasteiger partial charge in [-0.1, -0.05) is 296 Å². The molecule has 1 unspecified atom stereocenters. The van der Waals surface area contributed by atoms with E-state index in [-0.39, 0.29) is 31.1 Å². The molecule has 0 aromatic carbocycles. The van der Waals surface area contributed by atoms with Gasteiger partial charge in [0.15, 0.2) is 6.10 Å². The molecule has 0 aliphatic carbocycles. The van der Waals surface area contributed by atoms with Gasteiger partial charge in [0.1, 0.15) is 13.2 Å². The summed E-state index contributed by atoms with van der Waals surface area (Å²) in [6.07, 6.45) is 96.4. The van der Waals surface area contributed by atoms with Crippen LogP contribution < -0.4 is 0 Å². The van der Waals surface area contributed by atoms with E-state index in [4.69, 9.17) is 14.2 Å². The Bertz CT molecular complexity index is 1690. The molecule has 0 amide bonds. The van der Waals surface area contributed by atoms with Gasteiger partial charge in [-0.05, 0) is 128 Å². The van der Waals surface area contributed by atoms with Crippen molar-refractivity contribution in [3.8, 4) is 0 Å². The predicted molar refractivity (Wildman–Crippen MR) is 357 cm³/mol. The maximum absolute atomic E-state index is 13.0. The number of carbonyl (C=O) groups is 3. The van der Waals surface area contributed by atoms with Crippen LogP contribution in [0.15, 0.2) is 122 Å². The molecule has 6 nitrogen and oxygen atoms in total. The maximum atomic E-state index is 13.0. The molecule has 0 bridgehead atoms. The van der Waals surface area contributed by atoms with Crippen LogP contribution in [-0.4, -0.2) is 37.2 Å². The van der Waals surface area contributed by atoms with E-state index in [1.54, 1.807) is 0 Å². The van der Waals surface area contributed by atoms with Gasteiger partial charge < -0.3 is 14.2 Å². The highest BCUT2D eigenvalue weighted by atomic mass is 16.6. The summed E-state index contributed by atoms with van der Waals surface area (Å²) in [5.41, 5.74) is 0. The third-order valence-corrected chi connectivity index (χ3v) is 14.7. The van der Waals surface area contributed by atoms with Crippen molar-refractivity contribution >= 4 is 17.9 Å². The Hall–Kier alpha value is -4.19. The van der Waals surface area contributed by atoms with Crippen molar-refractivity contribution in [3.05, 3.63) is 122 Å². The molecule has 0 aliphatic rings. The van der Waals surface area contributed by atoms with E-state index in [9.17, 15) is 14.4 Å². The van der Waals surface area contributed by atoms with Crippen LogP contribution in [0.3, 0.4) is 0 Å². The summed E-state index contributed by atoms with van der Waals surface area (Å²) in [4.78, 5) is 38.5. The van der Waals surface area contributed by atoms with Crippen molar-refractivity contribution in [1.82, 2.24) is 0 Å². The molecule has 82 heavy (non-hydrogen) atoms. The first-order valence-corrected chi connectivity index (χ1v) is 34.5. The molecule has 0 radical (unpaired) electrons. The standard InChI is InChI=1S/C76H128O6/c1-4-7-10-13-16-19-22-25-28-31-33-35-37-38-40-41-43-45-48-51-54-57-60-63-66-69-75(78)81-72-73(71-80-74(77)68-65-62-59-56-53-50-47-30-27-24-21-18-15-12-9-6-3)82-76(79)70-67-64-61-58-55-52-49-46-44-42-39-36-34-32-29-26-23-20-17-14-11-8-5-2/h7-8,10-11,16-17,19-21,24-26,28-30,33-36,47,73H,4-6,9,12-15,18,22-23,27,31-32,37-46,48-72H2,1-3H3/b10-7-,11-8-,19-16-,20-17-,24-21-,28-25-,29-26-,35-33-,36-34-,47-30-. The van der Waals surface area contributed by atoms with Crippen LogP contribution in [-0.2, 0) is 28.6 Å². The minimum absolute atomic E-state index is 0.0860. The van der Waals surface area contributed by atoms with Crippen LogP contribution in [0, 0.1) is 0 Å². The monoisotopic (exact) mass is 1140 g/mol. The summed E-state index contributed by atoms with van der Waals surface area (Å²) in [5.74, 6) is -0.895. The molecule has 0 rings (SSSR count). The van der Waals surface area contributed by atoms with Gasteiger partial charge in [-0.25, -0.2) is 0 Å². The lowest BCUT2D eigenvalue weighted by Gasteiger charge is -2.18. The molecule has 0 aliphatic heterocycles. The van der Waals surface area contributed by atoms with Crippen molar-refractivity contribution < 1.29 is 28.6 Å². The zero-order chi connectivity index (χ0) is 59.2. The SMILES string of the molecule is CC/C=C\C/C=C\C/C=C\C/C=C\CCCCCCCCCCCCCCC(=O)OCC(COC(=O)CCCCCCC/C=C\C/C=C\CCCCCC)OC(=O)CCCCCCCCCCCC/C=C\C/C=C\C/C=C\C/C=C\CC. The van der Waals surface area contributed by atoms with Crippen molar-refractivity contribution in [3.63, 3.8) is 0 Å². The third-order valence-electron chi connectivity index (χ3n) is 14.7. The number of esters is 3. The molecular weight excluding hydrogens is 1010 g/mol. The van der Waals surface area contributed by atoms with Crippen LogP contribution in [0.2, 0.25) is 0 Å². The lowest BCUT2D eigenvalue weighted by Crippen LogP contribution is -2.30. The van der Waals surface area contributed by atoms with Crippen LogP contribution in [0.1, 0.15) is 323 Å². The van der Waals surface area contributed by atoms with Gasteiger partial charge in [0.2, 0.25) is 0 Å². The number of carbonyl (C=O) groups excluding carboxylic acids is 3. The Morgan fingerprint density at radius 1 is 0.256 bits per heavy atom. The van der Waals surface area contributed by atoms with Crippen molar-refractivity contribution in [1.29, 1.82) is 0 Å². The molecule has 0 saturated carbocycles. The number of unbranched alkanes of at least 4 members (excludes halogenated alkanes) is 31. The Balaban J connectivity index is 4.37. The molecule has 1 atom stereocenters. The smallest absolute Gasteiger partial charge is 0.306 e. The minimum atomic E-state index is -0.792. The molecule has 0 heterocycles. The fourth-order valence-corrected chi connectivity index (χ4v) is 9.57. The first-order valence-electron chi connectivity index (χ1n) is 34.5. The second kappa shape index (κ2) is 69.3. The number of allylic oxidation sites excluding steroid dienone is 20. The fraction of sp³-hybridized carbons (Fsp3) is 0.697. The van der Waals surface area contributed by atoms with E-state index >= 15 is 0 Å². The summed E-state index contributed by atoms with van der Waals surface area (Å²) < 4.78 is 17.0. The number of ether oxygens (including phenoxy) is 3. The molecular formula is C76H128O6. The van der Waals surface area contributed by atoms with E-state index in [2.05, 4.69) is 142 Å². The summed E-state index contributed by atoms with van der Waals surface area (Å²) in [7, 11) is 0. The maximum Gasteiger partial charge on any atom is 0.306 e. The number of hydrogen-bond acceptors (Lipinski definition) is 6. The molecule has 0 aromatic rings.